The highest BCUT2D eigenvalue weighted by Crippen LogP contribution is 2.41. The second-order valence-electron chi connectivity index (χ2n) is 5.37. The van der Waals surface area contributed by atoms with Gasteiger partial charge in [-0.2, -0.15) is 0 Å². The fourth-order valence-corrected chi connectivity index (χ4v) is 3.64. The summed E-state index contributed by atoms with van der Waals surface area (Å²) in [6, 6.07) is 4.55. The molecule has 8 heteroatoms. The second kappa shape index (κ2) is 5.27. The van der Waals surface area contributed by atoms with E-state index < -0.39 is 17.7 Å². The van der Waals surface area contributed by atoms with Crippen LogP contribution in [-0.4, -0.2) is 31.7 Å². The molecule has 0 saturated carbocycles. The maximum atomic E-state index is 12.6. The number of amides is 1. The highest BCUT2D eigenvalue weighted by Gasteiger charge is 2.44. The topological polar surface area (TPSA) is 99.2 Å². The number of aliphatic hydroxyl groups is 1. The number of Topliss-reactive ketones (excluding diaryl/α,β-unsaturated/α-hetero) is 1. The number of carbonyl (C=O) groups excluding carboxylic acids is 2. The quantitative estimate of drug-likeness (QED) is 0.763. The maximum absolute atomic E-state index is 12.6. The first-order chi connectivity index (χ1) is 11.6. The summed E-state index contributed by atoms with van der Waals surface area (Å²) >= 11 is 1.32. The number of benzene rings is 1. The minimum atomic E-state index is -0.730. The van der Waals surface area contributed by atoms with Gasteiger partial charge in [-0.25, -0.2) is 9.97 Å². The molecule has 0 fully saturated rings. The number of aromatic amines is 1. The summed E-state index contributed by atoms with van der Waals surface area (Å²) in [7, 11) is 0. The van der Waals surface area contributed by atoms with Gasteiger partial charge in [0, 0.05) is 17.3 Å². The van der Waals surface area contributed by atoms with Crippen molar-refractivity contribution in [3.05, 3.63) is 52.4 Å². The van der Waals surface area contributed by atoms with Crippen molar-refractivity contribution in [3.8, 4) is 0 Å². The van der Waals surface area contributed by atoms with Crippen LogP contribution in [0.15, 0.2) is 47.4 Å². The molecule has 3 heterocycles. The molecule has 0 bridgehead atoms. The molecule has 0 aliphatic carbocycles. The molecule has 1 amide bonds. The number of aliphatic hydroxyl groups excluding tert-OH is 1. The van der Waals surface area contributed by atoms with Crippen molar-refractivity contribution in [2.24, 2.45) is 0 Å². The first-order valence-corrected chi connectivity index (χ1v) is 8.06. The standard InChI is InChI=1S/C16H12N4O3S/c1-8(21)12-13(15-17-4-5-24-15)20(16(23)14(12)22)9-2-3-10-11(6-9)19-7-18-10/h2-7,13,22H,1H3,(H,18,19). The Morgan fingerprint density at radius 2 is 2.21 bits per heavy atom. The average Bonchev–Trinajstić information content (AvgIpc) is 3.27. The van der Waals surface area contributed by atoms with Gasteiger partial charge in [0.25, 0.3) is 5.91 Å². The first kappa shape index (κ1) is 14.6. The molecule has 0 radical (unpaired) electrons. The zero-order chi connectivity index (χ0) is 16.8. The molecule has 24 heavy (non-hydrogen) atoms. The Kier molecular flexibility index (Phi) is 3.20. The van der Waals surface area contributed by atoms with Gasteiger partial charge in [-0.15, -0.1) is 11.3 Å². The van der Waals surface area contributed by atoms with Gasteiger partial charge >= 0.3 is 0 Å². The van der Waals surface area contributed by atoms with Gasteiger partial charge in [0.1, 0.15) is 11.0 Å². The summed E-state index contributed by atoms with van der Waals surface area (Å²) in [6.45, 7) is 1.33. The number of nitrogens with zero attached hydrogens (tertiary/aromatic N) is 3. The highest BCUT2D eigenvalue weighted by atomic mass is 32.1. The van der Waals surface area contributed by atoms with E-state index in [0.717, 1.165) is 5.52 Å². The Labute approximate surface area is 140 Å². The van der Waals surface area contributed by atoms with Gasteiger partial charge in [-0.1, -0.05) is 0 Å². The lowest BCUT2D eigenvalue weighted by Gasteiger charge is -2.24. The van der Waals surface area contributed by atoms with Crippen LogP contribution in [0.1, 0.15) is 18.0 Å². The second-order valence-corrected chi connectivity index (χ2v) is 6.30. The van der Waals surface area contributed by atoms with Crippen LogP contribution in [0.4, 0.5) is 5.69 Å². The van der Waals surface area contributed by atoms with Crippen molar-refractivity contribution in [2.75, 3.05) is 4.90 Å². The van der Waals surface area contributed by atoms with Crippen molar-refractivity contribution >= 4 is 39.7 Å². The number of hydrogen-bond donors (Lipinski definition) is 2. The van der Waals surface area contributed by atoms with E-state index in [4.69, 9.17) is 0 Å². The van der Waals surface area contributed by atoms with Gasteiger partial charge in [-0.3, -0.25) is 14.5 Å². The third kappa shape index (κ3) is 2.04. The van der Waals surface area contributed by atoms with Crippen LogP contribution in [0.3, 0.4) is 0 Å². The zero-order valence-electron chi connectivity index (χ0n) is 12.6. The molecule has 1 unspecified atom stereocenters. The van der Waals surface area contributed by atoms with E-state index in [0.29, 0.717) is 16.2 Å². The van der Waals surface area contributed by atoms with E-state index in [2.05, 4.69) is 15.0 Å². The molecular weight excluding hydrogens is 328 g/mol. The summed E-state index contributed by atoms with van der Waals surface area (Å²) in [5, 5.41) is 12.6. The van der Waals surface area contributed by atoms with Crippen molar-refractivity contribution in [1.29, 1.82) is 0 Å². The largest absolute Gasteiger partial charge is 0.503 e. The molecule has 2 aromatic heterocycles. The van der Waals surface area contributed by atoms with Gasteiger partial charge < -0.3 is 10.1 Å². The Bertz CT molecular complexity index is 990. The number of fused-ring (bicyclic) bond motifs is 1. The SMILES string of the molecule is CC(=O)C1=C(O)C(=O)N(c2ccc3[nH]cnc3c2)C1c1nccs1. The Balaban J connectivity index is 1.89. The lowest BCUT2D eigenvalue weighted by molar-refractivity contribution is -0.117. The predicted octanol–water partition coefficient (Wildman–Crippen LogP) is 2.51. The van der Waals surface area contributed by atoms with Crippen LogP contribution in [0.5, 0.6) is 0 Å². The summed E-state index contributed by atoms with van der Waals surface area (Å²) in [5.41, 5.74) is 2.13. The van der Waals surface area contributed by atoms with Gasteiger partial charge in [0.2, 0.25) is 0 Å². The number of H-pyrrole nitrogens is 1. The van der Waals surface area contributed by atoms with Crippen molar-refractivity contribution in [2.45, 2.75) is 13.0 Å². The first-order valence-electron chi connectivity index (χ1n) is 7.18. The fraction of sp³-hybridized carbons (Fsp3) is 0.125. The molecule has 1 atom stereocenters. The normalized spacial score (nSPS) is 18.0. The summed E-state index contributed by atoms with van der Waals surface area (Å²) in [5.74, 6) is -1.50. The van der Waals surface area contributed by atoms with E-state index in [1.54, 1.807) is 36.1 Å². The zero-order valence-corrected chi connectivity index (χ0v) is 13.4. The molecule has 0 spiro atoms. The fourth-order valence-electron chi connectivity index (χ4n) is 2.90. The lowest BCUT2D eigenvalue weighted by Crippen LogP contribution is -2.30. The van der Waals surface area contributed by atoms with Crippen LogP contribution in [0, 0.1) is 0 Å². The number of anilines is 1. The molecule has 120 valence electrons. The van der Waals surface area contributed by atoms with E-state index in [1.165, 1.54) is 23.2 Å². The van der Waals surface area contributed by atoms with E-state index in [1.807, 2.05) is 0 Å². The van der Waals surface area contributed by atoms with Gasteiger partial charge in [-0.05, 0) is 25.1 Å². The number of aromatic nitrogens is 3. The third-order valence-corrected chi connectivity index (χ3v) is 4.78. The average molecular weight is 340 g/mol. The minimum Gasteiger partial charge on any atom is -0.503 e. The van der Waals surface area contributed by atoms with Crippen molar-refractivity contribution in [1.82, 2.24) is 15.0 Å². The Morgan fingerprint density at radius 1 is 1.38 bits per heavy atom. The van der Waals surface area contributed by atoms with Crippen LogP contribution in [0.25, 0.3) is 11.0 Å². The molecule has 1 aliphatic heterocycles. The number of carbonyl (C=O) groups is 2. The summed E-state index contributed by atoms with van der Waals surface area (Å²) < 4.78 is 0. The minimum absolute atomic E-state index is 0.0667. The predicted molar refractivity (Wildman–Crippen MR) is 88.8 cm³/mol. The van der Waals surface area contributed by atoms with Crippen LogP contribution >= 0.6 is 11.3 Å². The number of ketones is 1. The summed E-state index contributed by atoms with van der Waals surface area (Å²) in [6.07, 6.45) is 3.17. The number of rotatable bonds is 3. The van der Waals surface area contributed by atoms with Crippen LogP contribution in [-0.2, 0) is 9.59 Å². The van der Waals surface area contributed by atoms with E-state index in [9.17, 15) is 14.7 Å². The molecule has 1 aliphatic rings. The number of hydrogen-bond acceptors (Lipinski definition) is 6. The molecule has 0 saturated heterocycles. The molecular formula is C16H12N4O3S. The van der Waals surface area contributed by atoms with E-state index in [-0.39, 0.29) is 11.4 Å². The maximum Gasteiger partial charge on any atom is 0.294 e. The molecule has 1 aromatic carbocycles. The number of imidazole rings is 1. The Morgan fingerprint density at radius 3 is 2.92 bits per heavy atom. The molecule has 4 rings (SSSR count). The smallest absolute Gasteiger partial charge is 0.294 e. The van der Waals surface area contributed by atoms with Crippen LogP contribution in [0.2, 0.25) is 0 Å². The monoisotopic (exact) mass is 340 g/mol. The van der Waals surface area contributed by atoms with Crippen LogP contribution < -0.4 is 4.90 Å². The van der Waals surface area contributed by atoms with Gasteiger partial charge in [0.05, 0.1) is 22.9 Å². The summed E-state index contributed by atoms with van der Waals surface area (Å²) in [4.78, 5) is 37.4. The Hall–Kier alpha value is -3.00. The number of nitrogens with one attached hydrogen (secondary N) is 1. The van der Waals surface area contributed by atoms with Crippen molar-refractivity contribution in [3.63, 3.8) is 0 Å². The molecule has 7 nitrogen and oxygen atoms in total. The van der Waals surface area contributed by atoms with Gasteiger partial charge in [0.15, 0.2) is 11.5 Å². The van der Waals surface area contributed by atoms with E-state index >= 15 is 0 Å². The number of thiazole rings is 1. The van der Waals surface area contributed by atoms with Crippen molar-refractivity contribution < 1.29 is 14.7 Å². The lowest BCUT2D eigenvalue weighted by atomic mass is 10.0. The molecule has 3 aromatic rings. The highest BCUT2D eigenvalue weighted by molar-refractivity contribution is 7.09. The molecule has 2 N–H and O–H groups in total. The third-order valence-electron chi connectivity index (χ3n) is 3.96.